The molecular formula is C14H25NO. The zero-order valence-electron chi connectivity index (χ0n) is 11.3. The summed E-state index contributed by atoms with van der Waals surface area (Å²) >= 11 is 0. The van der Waals surface area contributed by atoms with E-state index < -0.39 is 0 Å². The van der Waals surface area contributed by atoms with E-state index in [4.69, 9.17) is 4.74 Å². The smallest absolute Gasteiger partial charge is 0.118 e. The van der Waals surface area contributed by atoms with Gasteiger partial charge in [0.15, 0.2) is 0 Å². The van der Waals surface area contributed by atoms with Gasteiger partial charge in [-0.05, 0) is 38.5 Å². The Labute approximate surface area is 100 Å². The van der Waals surface area contributed by atoms with Gasteiger partial charge in [-0.2, -0.15) is 0 Å². The molecule has 1 rings (SSSR count). The predicted octanol–water partition coefficient (Wildman–Crippen LogP) is 3.84. The van der Waals surface area contributed by atoms with Crippen molar-refractivity contribution in [2.24, 2.45) is 0 Å². The Balaban J connectivity index is 0.00000106. The van der Waals surface area contributed by atoms with E-state index in [0.29, 0.717) is 6.73 Å². The highest BCUT2D eigenvalue weighted by molar-refractivity contribution is 5.47. The molecule has 0 aliphatic carbocycles. The summed E-state index contributed by atoms with van der Waals surface area (Å²) in [4.78, 5) is 2.22. The molecule has 0 saturated heterocycles. The molecule has 0 atom stereocenters. The molecule has 0 amide bonds. The van der Waals surface area contributed by atoms with Crippen molar-refractivity contribution in [3.05, 3.63) is 29.8 Å². The minimum absolute atomic E-state index is 0.677. The van der Waals surface area contributed by atoms with E-state index >= 15 is 0 Å². The third-order valence-electron chi connectivity index (χ3n) is 2.20. The summed E-state index contributed by atoms with van der Waals surface area (Å²) in [5.74, 6) is 0. The lowest BCUT2D eigenvalue weighted by molar-refractivity contribution is 0.148. The van der Waals surface area contributed by atoms with E-state index in [1.165, 1.54) is 11.3 Å². The maximum atomic E-state index is 5.41. The van der Waals surface area contributed by atoms with Gasteiger partial charge in [0, 0.05) is 18.8 Å². The van der Waals surface area contributed by atoms with Gasteiger partial charge in [0.05, 0.1) is 0 Å². The molecule has 0 aliphatic heterocycles. The van der Waals surface area contributed by atoms with E-state index in [2.05, 4.69) is 43.0 Å². The highest BCUT2D eigenvalue weighted by atomic mass is 16.5. The van der Waals surface area contributed by atoms with Crippen molar-refractivity contribution in [2.75, 3.05) is 24.8 Å². The molecule has 1 aromatic rings. The van der Waals surface area contributed by atoms with Gasteiger partial charge >= 0.3 is 0 Å². The van der Waals surface area contributed by atoms with Gasteiger partial charge < -0.3 is 9.64 Å². The minimum atomic E-state index is 0.677. The van der Waals surface area contributed by atoms with Gasteiger partial charge in [0.2, 0.25) is 0 Å². The zero-order valence-corrected chi connectivity index (χ0v) is 11.3. The van der Waals surface area contributed by atoms with Crippen LogP contribution in [0.2, 0.25) is 0 Å². The standard InChI is InChI=1S/C12H19NO.C2H6/c1-4-13(10-14-5-2)12-8-6-7-11(3)9-12;1-2/h6-9H,4-5,10H2,1-3H3;1-2H3. The summed E-state index contributed by atoms with van der Waals surface area (Å²) in [6, 6.07) is 8.50. The SMILES string of the molecule is CC.CCOCN(CC)c1cccc(C)c1. The van der Waals surface area contributed by atoms with Gasteiger partial charge in [0.25, 0.3) is 0 Å². The van der Waals surface area contributed by atoms with Gasteiger partial charge in [0.1, 0.15) is 6.73 Å². The van der Waals surface area contributed by atoms with Crippen LogP contribution in [0.1, 0.15) is 33.3 Å². The predicted molar refractivity (Wildman–Crippen MR) is 72.0 cm³/mol. The van der Waals surface area contributed by atoms with Gasteiger partial charge in [-0.15, -0.1) is 0 Å². The third kappa shape index (κ3) is 5.17. The second kappa shape index (κ2) is 9.22. The van der Waals surface area contributed by atoms with Gasteiger partial charge in [-0.25, -0.2) is 0 Å². The lowest BCUT2D eigenvalue weighted by Crippen LogP contribution is -2.25. The number of aryl methyl sites for hydroxylation is 1. The van der Waals surface area contributed by atoms with Crippen molar-refractivity contribution in [3.63, 3.8) is 0 Å². The molecule has 0 heterocycles. The van der Waals surface area contributed by atoms with E-state index in [0.717, 1.165) is 13.2 Å². The van der Waals surface area contributed by atoms with Crippen LogP contribution in [0.4, 0.5) is 5.69 Å². The lowest BCUT2D eigenvalue weighted by atomic mass is 10.2. The third-order valence-corrected chi connectivity index (χ3v) is 2.20. The molecule has 0 saturated carbocycles. The minimum Gasteiger partial charge on any atom is -0.361 e. The Hall–Kier alpha value is -1.02. The van der Waals surface area contributed by atoms with Gasteiger partial charge in [-0.1, -0.05) is 26.0 Å². The molecule has 1 aromatic carbocycles. The molecule has 2 nitrogen and oxygen atoms in total. The van der Waals surface area contributed by atoms with Crippen LogP contribution in [0.15, 0.2) is 24.3 Å². The lowest BCUT2D eigenvalue weighted by Gasteiger charge is -2.22. The first kappa shape index (κ1) is 15.0. The Morgan fingerprint density at radius 3 is 2.38 bits per heavy atom. The van der Waals surface area contributed by atoms with Crippen molar-refractivity contribution in [2.45, 2.75) is 34.6 Å². The first-order valence-corrected chi connectivity index (χ1v) is 6.17. The number of rotatable bonds is 5. The quantitative estimate of drug-likeness (QED) is 0.703. The summed E-state index contributed by atoms with van der Waals surface area (Å²) in [6.45, 7) is 12.7. The molecule has 0 radical (unpaired) electrons. The molecule has 0 unspecified atom stereocenters. The van der Waals surface area contributed by atoms with Crippen LogP contribution in [-0.4, -0.2) is 19.9 Å². The normalized spacial score (nSPS) is 9.31. The molecule has 2 heteroatoms. The maximum absolute atomic E-state index is 5.41. The Morgan fingerprint density at radius 2 is 1.88 bits per heavy atom. The first-order chi connectivity index (χ1) is 7.77. The molecule has 0 aliphatic rings. The zero-order chi connectivity index (χ0) is 12.4. The van der Waals surface area contributed by atoms with Crippen LogP contribution in [-0.2, 0) is 4.74 Å². The van der Waals surface area contributed by atoms with Crippen molar-refractivity contribution in [1.82, 2.24) is 0 Å². The Morgan fingerprint density at radius 1 is 1.19 bits per heavy atom. The number of anilines is 1. The fourth-order valence-electron chi connectivity index (χ4n) is 1.37. The Kier molecular flexibility index (Phi) is 8.64. The Bertz CT molecular complexity index is 273. The summed E-state index contributed by atoms with van der Waals surface area (Å²) in [6.07, 6.45) is 0. The molecule has 0 bridgehead atoms. The molecule has 0 fully saturated rings. The summed E-state index contributed by atoms with van der Waals surface area (Å²) in [5.41, 5.74) is 2.53. The van der Waals surface area contributed by atoms with Crippen LogP contribution < -0.4 is 4.90 Å². The van der Waals surface area contributed by atoms with E-state index in [1.807, 2.05) is 20.8 Å². The topological polar surface area (TPSA) is 12.5 Å². The highest BCUT2D eigenvalue weighted by Crippen LogP contribution is 2.15. The van der Waals surface area contributed by atoms with Crippen LogP contribution in [0.25, 0.3) is 0 Å². The number of ether oxygens (including phenoxy) is 1. The molecule has 16 heavy (non-hydrogen) atoms. The average molecular weight is 223 g/mol. The average Bonchev–Trinajstić information content (AvgIpc) is 2.33. The largest absolute Gasteiger partial charge is 0.361 e. The van der Waals surface area contributed by atoms with Crippen molar-refractivity contribution < 1.29 is 4.74 Å². The first-order valence-electron chi connectivity index (χ1n) is 6.17. The number of hydrogen-bond donors (Lipinski definition) is 0. The van der Waals surface area contributed by atoms with Crippen LogP contribution in [0.5, 0.6) is 0 Å². The van der Waals surface area contributed by atoms with E-state index in [9.17, 15) is 0 Å². The molecular weight excluding hydrogens is 198 g/mol. The maximum Gasteiger partial charge on any atom is 0.118 e. The fraction of sp³-hybridized carbons (Fsp3) is 0.571. The van der Waals surface area contributed by atoms with Crippen LogP contribution >= 0.6 is 0 Å². The van der Waals surface area contributed by atoms with Crippen molar-refractivity contribution >= 4 is 5.69 Å². The highest BCUT2D eigenvalue weighted by Gasteiger charge is 2.02. The summed E-state index contributed by atoms with van der Waals surface area (Å²) in [5, 5.41) is 0. The van der Waals surface area contributed by atoms with Crippen LogP contribution in [0, 0.1) is 6.92 Å². The molecule has 0 N–H and O–H groups in total. The fourth-order valence-corrected chi connectivity index (χ4v) is 1.37. The number of hydrogen-bond acceptors (Lipinski definition) is 2. The van der Waals surface area contributed by atoms with Crippen molar-refractivity contribution in [3.8, 4) is 0 Å². The number of benzene rings is 1. The molecule has 0 aromatic heterocycles. The summed E-state index contributed by atoms with van der Waals surface area (Å²) < 4.78 is 5.41. The number of nitrogens with zero attached hydrogens (tertiary/aromatic N) is 1. The van der Waals surface area contributed by atoms with E-state index in [-0.39, 0.29) is 0 Å². The van der Waals surface area contributed by atoms with Crippen LogP contribution in [0.3, 0.4) is 0 Å². The molecule has 92 valence electrons. The monoisotopic (exact) mass is 223 g/mol. The second-order valence-electron chi connectivity index (χ2n) is 3.32. The van der Waals surface area contributed by atoms with E-state index in [1.54, 1.807) is 0 Å². The van der Waals surface area contributed by atoms with Gasteiger partial charge in [-0.3, -0.25) is 0 Å². The molecule has 0 spiro atoms. The second-order valence-corrected chi connectivity index (χ2v) is 3.32. The van der Waals surface area contributed by atoms with Crippen molar-refractivity contribution in [1.29, 1.82) is 0 Å². The summed E-state index contributed by atoms with van der Waals surface area (Å²) in [7, 11) is 0.